The Labute approximate surface area is 116 Å². The lowest BCUT2D eigenvalue weighted by molar-refractivity contribution is 0.0954. The molecule has 0 aliphatic rings. The standard InChI is InChI=1S/C12H22BrFN4/c1-9(2)12(14,8-15)11-10(13)7-16-18(11)6-5-17(3)4/h7,9H,5-6,8,15H2,1-4H3. The van der Waals surface area contributed by atoms with Gasteiger partial charge in [0.05, 0.1) is 22.9 Å². The Kier molecular flexibility index (Phi) is 5.31. The van der Waals surface area contributed by atoms with Crippen LogP contribution in [-0.2, 0) is 12.2 Å². The zero-order chi connectivity index (χ0) is 13.9. The number of nitrogens with two attached hydrogens (primary N) is 1. The molecular formula is C12H22BrFN4. The van der Waals surface area contributed by atoms with Crippen LogP contribution in [0.4, 0.5) is 4.39 Å². The Morgan fingerprint density at radius 2 is 2.17 bits per heavy atom. The van der Waals surface area contributed by atoms with Gasteiger partial charge in [0.25, 0.3) is 0 Å². The minimum atomic E-state index is -1.55. The average molecular weight is 321 g/mol. The Bertz CT molecular complexity index is 391. The minimum absolute atomic E-state index is 0.0447. The van der Waals surface area contributed by atoms with Gasteiger partial charge in [-0.15, -0.1) is 0 Å². The van der Waals surface area contributed by atoms with Crippen molar-refractivity contribution in [2.45, 2.75) is 26.1 Å². The molecule has 1 aromatic rings. The predicted molar refractivity (Wildman–Crippen MR) is 75.2 cm³/mol. The van der Waals surface area contributed by atoms with Gasteiger partial charge in [0.15, 0.2) is 5.67 Å². The number of halogens is 2. The smallest absolute Gasteiger partial charge is 0.167 e. The number of alkyl halides is 1. The van der Waals surface area contributed by atoms with E-state index in [2.05, 4.69) is 21.0 Å². The monoisotopic (exact) mass is 320 g/mol. The third-order valence-corrected chi connectivity index (χ3v) is 3.74. The lowest BCUT2D eigenvalue weighted by atomic mass is 9.89. The lowest BCUT2D eigenvalue weighted by Crippen LogP contribution is -2.38. The first-order chi connectivity index (χ1) is 8.32. The van der Waals surface area contributed by atoms with Gasteiger partial charge in [-0.2, -0.15) is 5.10 Å². The van der Waals surface area contributed by atoms with Crippen LogP contribution < -0.4 is 5.73 Å². The number of hydrogen-bond donors (Lipinski definition) is 1. The molecule has 1 atom stereocenters. The van der Waals surface area contributed by atoms with Crippen LogP contribution in [-0.4, -0.2) is 41.9 Å². The van der Waals surface area contributed by atoms with Gasteiger partial charge in [0, 0.05) is 13.1 Å². The van der Waals surface area contributed by atoms with Crippen LogP contribution in [0.1, 0.15) is 19.5 Å². The highest BCUT2D eigenvalue weighted by Gasteiger charge is 2.39. The third-order valence-electron chi connectivity index (χ3n) is 3.16. The maximum atomic E-state index is 15.0. The number of likely N-dealkylation sites (N-methyl/N-ethyl adjacent to an activating group) is 1. The van der Waals surface area contributed by atoms with Gasteiger partial charge in [0.2, 0.25) is 0 Å². The first kappa shape index (κ1) is 15.6. The maximum Gasteiger partial charge on any atom is 0.167 e. The summed E-state index contributed by atoms with van der Waals surface area (Å²) in [4.78, 5) is 2.04. The maximum absolute atomic E-state index is 15.0. The van der Waals surface area contributed by atoms with Crippen molar-refractivity contribution in [1.82, 2.24) is 14.7 Å². The number of hydrogen-bond acceptors (Lipinski definition) is 3. The SMILES string of the molecule is CC(C)C(F)(CN)c1c(Br)cnn1CCN(C)C. The molecule has 6 heteroatoms. The van der Waals surface area contributed by atoms with Gasteiger partial charge < -0.3 is 10.6 Å². The summed E-state index contributed by atoms with van der Waals surface area (Å²) < 4.78 is 17.4. The molecule has 4 nitrogen and oxygen atoms in total. The fourth-order valence-corrected chi connectivity index (χ4v) is 2.47. The van der Waals surface area contributed by atoms with E-state index in [0.717, 1.165) is 6.54 Å². The van der Waals surface area contributed by atoms with E-state index in [-0.39, 0.29) is 12.5 Å². The highest BCUT2D eigenvalue weighted by Crippen LogP contribution is 2.37. The third kappa shape index (κ3) is 3.10. The number of nitrogens with zero attached hydrogens (tertiary/aromatic N) is 3. The van der Waals surface area contributed by atoms with Crippen molar-refractivity contribution in [3.63, 3.8) is 0 Å². The second-order valence-electron chi connectivity index (χ2n) is 5.09. The van der Waals surface area contributed by atoms with Gasteiger partial charge in [-0.05, 0) is 35.9 Å². The summed E-state index contributed by atoms with van der Waals surface area (Å²) in [7, 11) is 3.96. The summed E-state index contributed by atoms with van der Waals surface area (Å²) in [5.41, 5.74) is 4.63. The zero-order valence-electron chi connectivity index (χ0n) is 11.5. The fraction of sp³-hybridized carbons (Fsp3) is 0.750. The molecule has 0 aliphatic heterocycles. The Balaban J connectivity index is 3.10. The van der Waals surface area contributed by atoms with E-state index < -0.39 is 5.67 Å². The van der Waals surface area contributed by atoms with Gasteiger partial charge in [0.1, 0.15) is 0 Å². The molecule has 0 radical (unpaired) electrons. The normalized spacial score (nSPS) is 15.4. The molecule has 104 valence electrons. The second-order valence-corrected chi connectivity index (χ2v) is 5.94. The largest absolute Gasteiger partial charge is 0.327 e. The summed E-state index contributed by atoms with van der Waals surface area (Å²) >= 11 is 3.38. The molecule has 0 aliphatic carbocycles. The van der Waals surface area contributed by atoms with Crippen LogP contribution in [0.2, 0.25) is 0 Å². The van der Waals surface area contributed by atoms with Crippen LogP contribution in [0.3, 0.4) is 0 Å². The first-order valence-electron chi connectivity index (χ1n) is 6.08. The molecule has 0 spiro atoms. The van der Waals surface area contributed by atoms with Gasteiger partial charge >= 0.3 is 0 Å². The second kappa shape index (κ2) is 6.12. The number of rotatable bonds is 6. The average Bonchev–Trinajstić information content (AvgIpc) is 2.67. The molecule has 1 heterocycles. The van der Waals surface area contributed by atoms with Crippen molar-refractivity contribution in [1.29, 1.82) is 0 Å². The predicted octanol–water partition coefficient (Wildman–Crippen LogP) is 1.99. The van der Waals surface area contributed by atoms with Crippen molar-refractivity contribution in [2.24, 2.45) is 11.7 Å². The van der Waals surface area contributed by atoms with Crippen LogP contribution in [0.25, 0.3) is 0 Å². The van der Waals surface area contributed by atoms with E-state index in [1.807, 2.05) is 32.8 Å². The van der Waals surface area contributed by atoms with Crippen molar-refractivity contribution < 1.29 is 4.39 Å². The van der Waals surface area contributed by atoms with E-state index in [4.69, 9.17) is 5.73 Å². The van der Waals surface area contributed by atoms with Crippen LogP contribution in [0.15, 0.2) is 10.7 Å². The van der Waals surface area contributed by atoms with Crippen molar-refractivity contribution >= 4 is 15.9 Å². The molecule has 1 unspecified atom stereocenters. The first-order valence-corrected chi connectivity index (χ1v) is 6.87. The van der Waals surface area contributed by atoms with Gasteiger partial charge in [-0.1, -0.05) is 13.8 Å². The van der Waals surface area contributed by atoms with Crippen molar-refractivity contribution in [3.8, 4) is 0 Å². The Morgan fingerprint density at radius 1 is 1.56 bits per heavy atom. The molecule has 1 rings (SSSR count). The summed E-state index contributed by atoms with van der Waals surface area (Å²) in [6.07, 6.45) is 1.64. The fourth-order valence-electron chi connectivity index (χ4n) is 1.85. The van der Waals surface area contributed by atoms with E-state index in [1.165, 1.54) is 0 Å². The Morgan fingerprint density at radius 3 is 2.61 bits per heavy atom. The van der Waals surface area contributed by atoms with E-state index in [1.54, 1.807) is 10.9 Å². The summed E-state index contributed by atoms with van der Waals surface area (Å²) in [5, 5.41) is 4.23. The number of aromatic nitrogens is 2. The molecule has 0 saturated heterocycles. The van der Waals surface area contributed by atoms with E-state index >= 15 is 4.39 Å². The molecule has 18 heavy (non-hydrogen) atoms. The van der Waals surface area contributed by atoms with Crippen LogP contribution >= 0.6 is 15.9 Å². The zero-order valence-corrected chi connectivity index (χ0v) is 13.0. The van der Waals surface area contributed by atoms with E-state index in [9.17, 15) is 0 Å². The molecule has 2 N–H and O–H groups in total. The summed E-state index contributed by atoms with van der Waals surface area (Å²) in [6, 6.07) is 0. The molecular weight excluding hydrogens is 299 g/mol. The van der Waals surface area contributed by atoms with Crippen molar-refractivity contribution in [2.75, 3.05) is 27.2 Å². The lowest BCUT2D eigenvalue weighted by Gasteiger charge is -2.29. The molecule has 0 aromatic carbocycles. The van der Waals surface area contributed by atoms with Crippen LogP contribution in [0, 0.1) is 5.92 Å². The highest BCUT2D eigenvalue weighted by atomic mass is 79.9. The topological polar surface area (TPSA) is 47.1 Å². The quantitative estimate of drug-likeness (QED) is 0.872. The van der Waals surface area contributed by atoms with Crippen LogP contribution in [0.5, 0.6) is 0 Å². The molecule has 0 saturated carbocycles. The molecule has 0 amide bonds. The van der Waals surface area contributed by atoms with Gasteiger partial charge in [-0.25, -0.2) is 4.39 Å². The molecule has 0 fully saturated rings. The van der Waals surface area contributed by atoms with Crippen molar-refractivity contribution in [3.05, 3.63) is 16.4 Å². The summed E-state index contributed by atoms with van der Waals surface area (Å²) in [5.74, 6) is -0.200. The Hall–Kier alpha value is -0.460. The molecule has 0 bridgehead atoms. The minimum Gasteiger partial charge on any atom is -0.327 e. The highest BCUT2D eigenvalue weighted by molar-refractivity contribution is 9.10. The molecule has 1 aromatic heterocycles. The summed E-state index contributed by atoms with van der Waals surface area (Å²) in [6.45, 7) is 5.08. The van der Waals surface area contributed by atoms with E-state index in [0.29, 0.717) is 16.7 Å². The van der Waals surface area contributed by atoms with Gasteiger partial charge in [-0.3, -0.25) is 4.68 Å².